The van der Waals surface area contributed by atoms with E-state index in [9.17, 15) is 22.8 Å². The van der Waals surface area contributed by atoms with Gasteiger partial charge in [-0.2, -0.15) is 13.2 Å². The van der Waals surface area contributed by atoms with Crippen LogP contribution >= 0.6 is 23.2 Å². The minimum Gasteiger partial charge on any atom is -0.370 e. The first-order chi connectivity index (χ1) is 14.6. The second-order valence-corrected chi connectivity index (χ2v) is 7.40. The van der Waals surface area contributed by atoms with Crippen LogP contribution in [0.5, 0.6) is 0 Å². The predicted molar refractivity (Wildman–Crippen MR) is 108 cm³/mol. The Balaban J connectivity index is 1.87. The van der Waals surface area contributed by atoms with Gasteiger partial charge >= 0.3 is 6.18 Å². The normalized spacial score (nSPS) is 18.1. The molecule has 162 valence electrons. The van der Waals surface area contributed by atoms with Crippen molar-refractivity contribution in [1.82, 2.24) is 19.9 Å². The number of rotatable bonds is 4. The van der Waals surface area contributed by atoms with Crippen molar-refractivity contribution in [2.45, 2.75) is 18.8 Å². The van der Waals surface area contributed by atoms with Gasteiger partial charge in [-0.3, -0.25) is 19.5 Å². The number of alkyl halides is 3. The average molecular weight is 473 g/mol. The largest absolute Gasteiger partial charge is 0.440 e. The topological polar surface area (TPSA) is 101 Å². The summed E-state index contributed by atoms with van der Waals surface area (Å²) in [6, 6.07) is 6.65. The predicted octanol–water partition coefficient (Wildman–Crippen LogP) is 3.77. The summed E-state index contributed by atoms with van der Waals surface area (Å²) < 4.78 is 43.7. The summed E-state index contributed by atoms with van der Waals surface area (Å²) in [6.07, 6.45) is -5.24. The molecule has 2 aromatic heterocycles. The number of hydrogen-bond acceptors (Lipinski definition) is 5. The van der Waals surface area contributed by atoms with E-state index >= 15 is 0 Å². The van der Waals surface area contributed by atoms with Gasteiger partial charge in [0.05, 0.1) is 21.1 Å². The van der Waals surface area contributed by atoms with Gasteiger partial charge in [0, 0.05) is 6.54 Å². The highest BCUT2D eigenvalue weighted by molar-refractivity contribution is 6.42. The molecule has 1 unspecified atom stereocenters. The number of fused-ring (bicyclic) bond motifs is 3. The van der Waals surface area contributed by atoms with E-state index in [1.165, 1.54) is 18.2 Å². The van der Waals surface area contributed by atoms with Crippen molar-refractivity contribution in [2.75, 3.05) is 17.2 Å². The molecular weight excluding hydrogens is 460 g/mol. The van der Waals surface area contributed by atoms with E-state index in [4.69, 9.17) is 23.2 Å². The number of amides is 2. The molecule has 0 aliphatic carbocycles. The fourth-order valence-electron chi connectivity index (χ4n) is 3.30. The van der Waals surface area contributed by atoms with Crippen molar-refractivity contribution in [3.63, 3.8) is 0 Å². The Labute approximate surface area is 182 Å². The Kier molecular flexibility index (Phi) is 4.97. The summed E-state index contributed by atoms with van der Waals surface area (Å²) in [7, 11) is 0. The Morgan fingerprint density at radius 1 is 1.23 bits per heavy atom. The van der Waals surface area contributed by atoms with Gasteiger partial charge in [0.2, 0.25) is 5.95 Å². The van der Waals surface area contributed by atoms with Crippen LogP contribution in [0.25, 0.3) is 11.0 Å². The van der Waals surface area contributed by atoms with Gasteiger partial charge < -0.3 is 10.6 Å². The number of imidazole rings is 1. The van der Waals surface area contributed by atoms with Gasteiger partial charge in [-0.05, 0) is 31.2 Å². The van der Waals surface area contributed by atoms with Crippen LogP contribution < -0.4 is 16.0 Å². The van der Waals surface area contributed by atoms with E-state index in [0.29, 0.717) is 16.9 Å². The number of halogens is 5. The number of anilines is 2. The molecule has 0 saturated carbocycles. The van der Waals surface area contributed by atoms with Crippen molar-refractivity contribution in [1.29, 1.82) is 0 Å². The summed E-state index contributed by atoms with van der Waals surface area (Å²) in [4.78, 5) is 33.3. The SMILES string of the molecule is CCNc1cccc(C(=O)NC2(C(F)(F)F)C(=O)Nc3nc4cc(Cl)c(Cl)cc4n32)n1. The number of nitrogens with zero attached hydrogens (tertiary/aromatic N) is 3. The summed E-state index contributed by atoms with van der Waals surface area (Å²) >= 11 is 11.9. The number of aromatic nitrogens is 3. The van der Waals surface area contributed by atoms with Crippen molar-refractivity contribution in [3.8, 4) is 0 Å². The summed E-state index contributed by atoms with van der Waals surface area (Å²) in [5.41, 5.74) is -3.87. The van der Waals surface area contributed by atoms with E-state index in [2.05, 4.69) is 20.6 Å². The maximum atomic E-state index is 14.4. The Hall–Kier alpha value is -3.05. The first-order valence-corrected chi connectivity index (χ1v) is 9.63. The fourth-order valence-corrected chi connectivity index (χ4v) is 3.61. The highest BCUT2D eigenvalue weighted by Gasteiger charge is 2.67. The molecule has 0 fully saturated rings. The number of hydrogen-bond donors (Lipinski definition) is 3. The van der Waals surface area contributed by atoms with Crippen LogP contribution in [0, 0.1) is 0 Å². The van der Waals surface area contributed by atoms with Gasteiger partial charge in [0.1, 0.15) is 11.5 Å². The minimum atomic E-state index is -5.24. The van der Waals surface area contributed by atoms with E-state index < -0.39 is 29.6 Å². The Morgan fingerprint density at radius 3 is 2.61 bits per heavy atom. The molecule has 8 nitrogen and oxygen atoms in total. The van der Waals surface area contributed by atoms with Crippen molar-refractivity contribution in [3.05, 3.63) is 46.1 Å². The first-order valence-electron chi connectivity index (χ1n) is 8.88. The third-order valence-corrected chi connectivity index (χ3v) is 5.35. The molecule has 1 aliphatic heterocycles. The second-order valence-electron chi connectivity index (χ2n) is 6.58. The molecule has 4 rings (SSSR count). The summed E-state index contributed by atoms with van der Waals surface area (Å²) in [5, 5.41) is 6.77. The molecule has 1 atom stereocenters. The van der Waals surface area contributed by atoms with Crippen LogP contribution in [-0.4, -0.2) is 39.1 Å². The highest BCUT2D eigenvalue weighted by atomic mass is 35.5. The van der Waals surface area contributed by atoms with Crippen molar-refractivity contribution >= 4 is 57.8 Å². The summed E-state index contributed by atoms with van der Waals surface area (Å²) in [5.74, 6) is -2.85. The number of nitrogens with one attached hydrogen (secondary N) is 3. The molecule has 31 heavy (non-hydrogen) atoms. The Bertz CT molecular complexity index is 1230. The van der Waals surface area contributed by atoms with Gasteiger partial charge in [-0.1, -0.05) is 29.3 Å². The zero-order valence-electron chi connectivity index (χ0n) is 15.6. The second kappa shape index (κ2) is 7.27. The van der Waals surface area contributed by atoms with Gasteiger partial charge in [0.25, 0.3) is 17.5 Å². The maximum Gasteiger partial charge on any atom is 0.440 e. The molecule has 0 bridgehead atoms. The lowest BCUT2D eigenvalue weighted by molar-refractivity contribution is -0.213. The molecule has 3 N–H and O–H groups in total. The zero-order valence-corrected chi connectivity index (χ0v) is 17.2. The van der Waals surface area contributed by atoms with E-state index in [-0.39, 0.29) is 26.8 Å². The number of pyridine rings is 1. The number of carbonyl (C=O) groups excluding carboxylic acids is 2. The zero-order chi connectivity index (χ0) is 22.6. The van der Waals surface area contributed by atoms with Crippen LogP contribution in [-0.2, 0) is 10.5 Å². The molecule has 3 heterocycles. The lowest BCUT2D eigenvalue weighted by Crippen LogP contribution is -2.63. The van der Waals surface area contributed by atoms with Gasteiger partial charge in [0.15, 0.2) is 0 Å². The van der Waals surface area contributed by atoms with Crippen molar-refractivity contribution in [2.24, 2.45) is 0 Å². The van der Waals surface area contributed by atoms with Crippen LogP contribution in [0.1, 0.15) is 17.4 Å². The van der Waals surface area contributed by atoms with Gasteiger partial charge in [-0.25, -0.2) is 9.97 Å². The molecule has 0 radical (unpaired) electrons. The first kappa shape index (κ1) is 21.2. The molecule has 2 amide bonds. The number of benzene rings is 1. The molecule has 13 heteroatoms. The lowest BCUT2D eigenvalue weighted by atomic mass is 10.1. The van der Waals surface area contributed by atoms with Crippen LogP contribution in [0.15, 0.2) is 30.3 Å². The molecule has 1 aliphatic rings. The minimum absolute atomic E-state index is 0.0429. The van der Waals surface area contributed by atoms with E-state index in [0.717, 1.165) is 6.07 Å². The van der Waals surface area contributed by atoms with Crippen LogP contribution in [0.3, 0.4) is 0 Å². The fraction of sp³-hybridized carbons (Fsp3) is 0.222. The van der Waals surface area contributed by atoms with E-state index in [1.807, 2.05) is 5.32 Å². The quantitative estimate of drug-likeness (QED) is 0.536. The highest BCUT2D eigenvalue weighted by Crippen LogP contribution is 2.45. The molecule has 3 aromatic rings. The smallest absolute Gasteiger partial charge is 0.370 e. The number of carbonyl (C=O) groups is 2. The lowest BCUT2D eigenvalue weighted by Gasteiger charge is -2.31. The Morgan fingerprint density at radius 2 is 1.94 bits per heavy atom. The van der Waals surface area contributed by atoms with Gasteiger partial charge in [-0.15, -0.1) is 0 Å². The standard InChI is InChI=1S/C18H13Cl2F3N6O2/c1-2-24-13-5-3-4-10(25-13)14(30)28-17(18(21,22)23)15(31)27-16-26-11-6-8(19)9(20)7-12(11)29(16)17/h3-7H,2H2,1H3,(H,24,25)(H,28,30)(H,26,27,31). The van der Waals surface area contributed by atoms with Crippen molar-refractivity contribution < 1.29 is 22.8 Å². The summed E-state index contributed by atoms with van der Waals surface area (Å²) in [6.45, 7) is 2.28. The molecular formula is C18H13Cl2F3N6O2. The monoisotopic (exact) mass is 472 g/mol. The molecule has 0 saturated heterocycles. The third-order valence-electron chi connectivity index (χ3n) is 4.63. The average Bonchev–Trinajstić information content (AvgIpc) is 3.16. The maximum absolute atomic E-state index is 14.4. The van der Waals surface area contributed by atoms with E-state index in [1.54, 1.807) is 13.0 Å². The molecule has 1 aromatic carbocycles. The molecule has 0 spiro atoms. The van der Waals surface area contributed by atoms with Crippen LogP contribution in [0.4, 0.5) is 24.9 Å². The van der Waals surface area contributed by atoms with Crippen LogP contribution in [0.2, 0.25) is 10.0 Å². The third kappa shape index (κ3) is 3.24.